The summed E-state index contributed by atoms with van der Waals surface area (Å²) in [4.78, 5) is 12.0. The van der Waals surface area contributed by atoms with Crippen LogP contribution in [0.4, 0.5) is 5.69 Å². The van der Waals surface area contributed by atoms with E-state index < -0.39 is 15.9 Å². The molecule has 152 valence electrons. The van der Waals surface area contributed by atoms with Gasteiger partial charge in [-0.15, -0.1) is 0 Å². The summed E-state index contributed by atoms with van der Waals surface area (Å²) in [5.41, 5.74) is 9.17. The Hall–Kier alpha value is -2.91. The first-order chi connectivity index (χ1) is 13.8. The molecule has 1 fully saturated rings. The van der Waals surface area contributed by atoms with Crippen LogP contribution in [0.1, 0.15) is 23.2 Å². The summed E-state index contributed by atoms with van der Waals surface area (Å²) in [5, 5.41) is 7.70. The van der Waals surface area contributed by atoms with E-state index in [1.165, 1.54) is 16.8 Å². The molecule has 0 radical (unpaired) electrons. The highest BCUT2D eigenvalue weighted by molar-refractivity contribution is 7.88. The topological polar surface area (TPSA) is 110 Å². The van der Waals surface area contributed by atoms with Crippen LogP contribution >= 0.6 is 0 Å². The van der Waals surface area contributed by atoms with Crippen LogP contribution in [0.15, 0.2) is 48.8 Å². The Bertz CT molecular complexity index is 1160. The number of sulfonamides is 1. The van der Waals surface area contributed by atoms with Gasteiger partial charge in [-0.1, -0.05) is 30.3 Å². The number of carbonyl (C=O) groups is 1. The molecule has 0 bridgehead atoms. The molecule has 3 N–H and O–H groups in total. The van der Waals surface area contributed by atoms with Crippen LogP contribution in [0.2, 0.25) is 0 Å². The highest BCUT2D eigenvalue weighted by Crippen LogP contribution is 2.30. The van der Waals surface area contributed by atoms with Crippen molar-refractivity contribution in [2.24, 2.45) is 5.73 Å². The molecule has 8 nitrogen and oxygen atoms in total. The zero-order chi connectivity index (χ0) is 20.6. The smallest absolute Gasteiger partial charge is 0.252 e. The van der Waals surface area contributed by atoms with Gasteiger partial charge in [-0.25, -0.2) is 17.2 Å². The van der Waals surface area contributed by atoms with Gasteiger partial charge in [0.05, 0.1) is 29.2 Å². The number of rotatable bonds is 5. The number of carbonyl (C=O) groups excluding carboxylic acids is 1. The van der Waals surface area contributed by atoms with E-state index in [1.807, 2.05) is 42.6 Å². The van der Waals surface area contributed by atoms with E-state index >= 15 is 0 Å². The van der Waals surface area contributed by atoms with Gasteiger partial charge >= 0.3 is 0 Å². The Kier molecular flexibility index (Phi) is 5.01. The fourth-order valence-corrected chi connectivity index (χ4v) is 4.66. The number of hydrogen-bond donors (Lipinski definition) is 2. The quantitative estimate of drug-likeness (QED) is 0.664. The average Bonchev–Trinajstić information content (AvgIpc) is 3.13. The summed E-state index contributed by atoms with van der Waals surface area (Å²) >= 11 is 0. The van der Waals surface area contributed by atoms with Crippen LogP contribution in [0.25, 0.3) is 16.6 Å². The minimum absolute atomic E-state index is 0.127. The van der Waals surface area contributed by atoms with E-state index in [1.54, 1.807) is 4.52 Å². The first-order valence-electron chi connectivity index (χ1n) is 9.41. The fourth-order valence-electron chi connectivity index (χ4n) is 3.75. The molecular weight excluding hydrogens is 390 g/mol. The molecule has 1 saturated heterocycles. The number of piperidine rings is 1. The Labute approximate surface area is 169 Å². The maximum absolute atomic E-state index is 12.0. The summed E-state index contributed by atoms with van der Waals surface area (Å²) in [5.74, 6) is -0.583. The molecular formula is C20H23N5O3S. The third-order valence-corrected chi connectivity index (χ3v) is 6.48. The number of nitrogens with zero attached hydrogens (tertiary/aromatic N) is 3. The number of nitrogens with two attached hydrogens (primary N) is 1. The molecule has 1 aromatic carbocycles. The monoisotopic (exact) mass is 413 g/mol. The molecule has 1 amide bonds. The molecule has 3 aromatic rings. The highest BCUT2D eigenvalue weighted by Gasteiger charge is 2.27. The molecule has 0 saturated carbocycles. The lowest BCUT2D eigenvalue weighted by atomic mass is 10.1. The molecule has 29 heavy (non-hydrogen) atoms. The van der Waals surface area contributed by atoms with Crippen molar-refractivity contribution in [2.45, 2.75) is 18.9 Å². The summed E-state index contributed by atoms with van der Waals surface area (Å²) in [6.45, 7) is 0.854. The second-order valence-corrected chi connectivity index (χ2v) is 9.31. The van der Waals surface area contributed by atoms with E-state index in [0.717, 1.165) is 29.5 Å². The third-order valence-electron chi connectivity index (χ3n) is 5.21. The first-order valence-corrected chi connectivity index (χ1v) is 11.3. The maximum Gasteiger partial charge on any atom is 0.252 e. The van der Waals surface area contributed by atoms with Gasteiger partial charge in [-0.3, -0.25) is 4.79 Å². The van der Waals surface area contributed by atoms with Gasteiger partial charge in [0.25, 0.3) is 5.91 Å². The lowest BCUT2D eigenvalue weighted by molar-refractivity contribution is 0.100. The van der Waals surface area contributed by atoms with E-state index in [2.05, 4.69) is 10.4 Å². The normalized spacial score (nSPS) is 18.0. The molecule has 0 spiro atoms. The van der Waals surface area contributed by atoms with Gasteiger partial charge in [0.15, 0.2) is 0 Å². The number of hydrogen-bond acceptors (Lipinski definition) is 5. The molecule has 2 aromatic heterocycles. The summed E-state index contributed by atoms with van der Waals surface area (Å²) < 4.78 is 27.0. The highest BCUT2D eigenvalue weighted by atomic mass is 32.2. The molecule has 9 heteroatoms. The van der Waals surface area contributed by atoms with Gasteiger partial charge in [-0.2, -0.15) is 5.10 Å². The van der Waals surface area contributed by atoms with Crippen molar-refractivity contribution >= 4 is 27.1 Å². The van der Waals surface area contributed by atoms with Gasteiger partial charge in [-0.05, 0) is 24.5 Å². The van der Waals surface area contributed by atoms with Crippen LogP contribution in [0.3, 0.4) is 0 Å². The summed E-state index contributed by atoms with van der Waals surface area (Å²) in [7, 11) is -3.27. The summed E-state index contributed by atoms with van der Waals surface area (Å²) in [6, 6.07) is 11.7. The number of benzene rings is 1. The third kappa shape index (κ3) is 3.96. The van der Waals surface area contributed by atoms with Crippen molar-refractivity contribution in [1.82, 2.24) is 13.9 Å². The zero-order valence-corrected chi connectivity index (χ0v) is 16.9. The Morgan fingerprint density at radius 1 is 1.24 bits per heavy atom. The van der Waals surface area contributed by atoms with Gasteiger partial charge in [0, 0.05) is 30.9 Å². The molecule has 4 rings (SSSR count). The predicted octanol–water partition coefficient (Wildman–Crippen LogP) is 1.94. The van der Waals surface area contributed by atoms with Gasteiger partial charge in [0.2, 0.25) is 10.0 Å². The van der Waals surface area contributed by atoms with Crippen molar-refractivity contribution in [3.8, 4) is 11.1 Å². The molecule has 1 atom stereocenters. The number of fused-ring (bicyclic) bond motifs is 1. The molecule has 0 unspecified atom stereocenters. The Morgan fingerprint density at radius 2 is 2.00 bits per heavy atom. The minimum Gasteiger partial charge on any atom is -0.379 e. The SMILES string of the molecule is CS(=O)(=O)N1CCC[C@@H](Nc2c(C(N)=O)cnn3cc(-c4ccccc4)cc23)C1. The van der Waals surface area contributed by atoms with E-state index in [0.29, 0.717) is 18.8 Å². The van der Waals surface area contributed by atoms with Crippen molar-refractivity contribution in [3.05, 3.63) is 54.4 Å². The number of primary amides is 1. The van der Waals surface area contributed by atoms with Crippen molar-refractivity contribution in [1.29, 1.82) is 0 Å². The minimum atomic E-state index is -3.27. The average molecular weight is 414 g/mol. The number of amides is 1. The fraction of sp³-hybridized carbons (Fsp3) is 0.300. The van der Waals surface area contributed by atoms with Crippen molar-refractivity contribution < 1.29 is 13.2 Å². The second kappa shape index (κ2) is 7.49. The molecule has 3 heterocycles. The zero-order valence-electron chi connectivity index (χ0n) is 16.1. The lowest BCUT2D eigenvalue weighted by Gasteiger charge is -2.32. The van der Waals surface area contributed by atoms with E-state index in [-0.39, 0.29) is 11.6 Å². The van der Waals surface area contributed by atoms with Crippen LogP contribution < -0.4 is 11.1 Å². The van der Waals surface area contributed by atoms with E-state index in [9.17, 15) is 13.2 Å². The molecule has 1 aliphatic rings. The largest absolute Gasteiger partial charge is 0.379 e. The number of nitrogens with one attached hydrogen (secondary N) is 1. The Morgan fingerprint density at radius 3 is 2.69 bits per heavy atom. The first kappa shape index (κ1) is 19.4. The van der Waals surface area contributed by atoms with Crippen LogP contribution in [0, 0.1) is 0 Å². The lowest BCUT2D eigenvalue weighted by Crippen LogP contribution is -2.44. The summed E-state index contributed by atoms with van der Waals surface area (Å²) in [6.07, 6.45) is 6.10. The standard InChI is InChI=1S/C20H23N5O3S/c1-29(27,28)24-9-5-8-16(13-24)23-19-17(20(21)26)11-22-25-12-15(10-18(19)25)14-6-3-2-4-7-14/h2-4,6-7,10-12,16,23H,5,8-9,13H2,1H3,(H2,21,26)/t16-/m1/s1. The molecule has 1 aliphatic heterocycles. The van der Waals surface area contributed by atoms with Crippen LogP contribution in [0.5, 0.6) is 0 Å². The Balaban J connectivity index is 1.74. The van der Waals surface area contributed by atoms with Gasteiger partial charge in [0.1, 0.15) is 0 Å². The van der Waals surface area contributed by atoms with E-state index in [4.69, 9.17) is 5.73 Å². The second-order valence-electron chi connectivity index (χ2n) is 7.33. The van der Waals surface area contributed by atoms with Crippen molar-refractivity contribution in [2.75, 3.05) is 24.7 Å². The van der Waals surface area contributed by atoms with Crippen LogP contribution in [-0.4, -0.2) is 53.6 Å². The number of anilines is 1. The predicted molar refractivity (Wildman–Crippen MR) is 112 cm³/mol. The van der Waals surface area contributed by atoms with Crippen molar-refractivity contribution in [3.63, 3.8) is 0 Å². The maximum atomic E-state index is 12.0. The van der Waals surface area contributed by atoms with Gasteiger partial charge < -0.3 is 11.1 Å². The van der Waals surface area contributed by atoms with Crippen LogP contribution in [-0.2, 0) is 10.0 Å². The number of aromatic nitrogens is 2. The molecule has 0 aliphatic carbocycles.